The molecule has 0 aliphatic rings. The summed E-state index contributed by atoms with van der Waals surface area (Å²) in [6, 6.07) is 0. The lowest BCUT2D eigenvalue weighted by Gasteiger charge is -2.18. The Morgan fingerprint density at radius 1 is 1.29 bits per heavy atom. The Kier molecular flexibility index (Phi) is 6.26. The van der Waals surface area contributed by atoms with Crippen LogP contribution in [0, 0.1) is 0 Å². The minimum absolute atomic E-state index is 0.148. The van der Waals surface area contributed by atoms with E-state index in [1.165, 1.54) is 12.8 Å². The highest BCUT2D eigenvalue weighted by Crippen LogP contribution is 2.08. The third-order valence-corrected chi connectivity index (χ3v) is 1.60. The normalized spacial score (nSPS) is 12.0. The van der Waals surface area contributed by atoms with Crippen molar-refractivity contribution in [3.8, 4) is 0 Å². The molecule has 0 aliphatic carbocycles. The van der Waals surface area contributed by atoms with Gasteiger partial charge in [0.1, 0.15) is 5.60 Å². The zero-order valence-electron chi connectivity index (χ0n) is 9.80. The fourth-order valence-electron chi connectivity index (χ4n) is 1.00. The number of unbranched alkanes of at least 4 members (excludes halogenated alkanes) is 2. The summed E-state index contributed by atoms with van der Waals surface area (Å²) in [5, 5.41) is 0. The molecule has 0 aromatic rings. The molecule has 0 radical (unpaired) electrons. The summed E-state index contributed by atoms with van der Waals surface area (Å²) in [6.07, 6.45) is 7.76. The molecular weight excluding hydrogens is 176 g/mol. The van der Waals surface area contributed by atoms with Crippen LogP contribution in [-0.4, -0.2) is 11.6 Å². The van der Waals surface area contributed by atoms with Gasteiger partial charge in [-0.05, 0) is 27.2 Å². The van der Waals surface area contributed by atoms with Crippen molar-refractivity contribution in [1.29, 1.82) is 0 Å². The molecule has 0 aromatic carbocycles. The van der Waals surface area contributed by atoms with Crippen LogP contribution < -0.4 is 0 Å². The van der Waals surface area contributed by atoms with Gasteiger partial charge < -0.3 is 4.74 Å². The Bertz CT molecular complexity index is 187. The van der Waals surface area contributed by atoms with Crippen LogP contribution in [0.1, 0.15) is 53.4 Å². The van der Waals surface area contributed by atoms with E-state index < -0.39 is 0 Å². The number of carbonyl (C=O) groups excluding carboxylic acids is 1. The van der Waals surface area contributed by atoms with Gasteiger partial charge >= 0.3 is 5.97 Å². The summed E-state index contributed by atoms with van der Waals surface area (Å²) >= 11 is 0. The van der Waals surface area contributed by atoms with Gasteiger partial charge in [-0.1, -0.05) is 31.9 Å². The molecule has 0 heterocycles. The molecule has 0 fully saturated rings. The largest absolute Gasteiger partial charge is 0.460 e. The van der Waals surface area contributed by atoms with E-state index in [4.69, 9.17) is 4.74 Å². The predicted octanol–water partition coefficient (Wildman–Crippen LogP) is 3.46. The van der Waals surface area contributed by atoms with E-state index in [0.29, 0.717) is 6.42 Å². The Morgan fingerprint density at radius 3 is 2.43 bits per heavy atom. The molecule has 2 heteroatoms. The molecule has 0 rings (SSSR count). The molecule has 0 saturated heterocycles. The van der Waals surface area contributed by atoms with Crippen molar-refractivity contribution in [2.24, 2.45) is 0 Å². The highest BCUT2D eigenvalue weighted by atomic mass is 16.6. The minimum atomic E-state index is -0.367. The maximum Gasteiger partial charge on any atom is 0.310 e. The molecule has 0 N–H and O–H groups in total. The summed E-state index contributed by atoms with van der Waals surface area (Å²) in [6.45, 7) is 7.80. The summed E-state index contributed by atoms with van der Waals surface area (Å²) in [4.78, 5) is 11.2. The lowest BCUT2D eigenvalue weighted by molar-refractivity contribution is -0.153. The number of carbonyl (C=O) groups is 1. The van der Waals surface area contributed by atoms with E-state index in [1.54, 1.807) is 0 Å². The molecule has 0 aromatic heterocycles. The first-order valence-electron chi connectivity index (χ1n) is 5.32. The highest BCUT2D eigenvalue weighted by molar-refractivity contribution is 5.71. The third-order valence-electron chi connectivity index (χ3n) is 1.60. The standard InChI is InChI=1S/C12H22O2/c1-5-6-7-8-9-10-11(13)14-12(2,3)4/h8-9H,5-7,10H2,1-4H3/b9-8+. The monoisotopic (exact) mass is 198 g/mol. The molecule has 0 spiro atoms. The second-order valence-corrected chi connectivity index (χ2v) is 4.40. The number of ether oxygens (including phenoxy) is 1. The second-order valence-electron chi connectivity index (χ2n) is 4.40. The maximum atomic E-state index is 11.2. The average molecular weight is 198 g/mol. The summed E-state index contributed by atoms with van der Waals surface area (Å²) < 4.78 is 5.15. The van der Waals surface area contributed by atoms with Gasteiger partial charge in [-0.25, -0.2) is 0 Å². The van der Waals surface area contributed by atoms with Crippen molar-refractivity contribution in [3.05, 3.63) is 12.2 Å². The van der Waals surface area contributed by atoms with Gasteiger partial charge in [0, 0.05) is 0 Å². The van der Waals surface area contributed by atoms with E-state index in [-0.39, 0.29) is 11.6 Å². The number of hydrogen-bond donors (Lipinski definition) is 0. The van der Waals surface area contributed by atoms with Crippen LogP contribution in [0.15, 0.2) is 12.2 Å². The van der Waals surface area contributed by atoms with Gasteiger partial charge in [0.25, 0.3) is 0 Å². The maximum absolute atomic E-state index is 11.2. The SMILES string of the molecule is CCCC/C=C/CC(=O)OC(C)(C)C. The predicted molar refractivity (Wildman–Crippen MR) is 59.1 cm³/mol. The minimum Gasteiger partial charge on any atom is -0.460 e. The van der Waals surface area contributed by atoms with Gasteiger partial charge in [0.05, 0.1) is 6.42 Å². The van der Waals surface area contributed by atoms with E-state index in [9.17, 15) is 4.79 Å². The summed E-state index contributed by atoms with van der Waals surface area (Å²) in [7, 11) is 0. The Hall–Kier alpha value is -0.790. The molecule has 0 amide bonds. The van der Waals surface area contributed by atoms with Gasteiger partial charge in [-0.3, -0.25) is 4.79 Å². The zero-order chi connectivity index (χ0) is 11.0. The highest BCUT2D eigenvalue weighted by Gasteiger charge is 2.14. The average Bonchev–Trinajstić information content (AvgIpc) is 2.00. The molecular formula is C12H22O2. The third kappa shape index (κ3) is 9.30. The van der Waals surface area contributed by atoms with Crippen molar-refractivity contribution < 1.29 is 9.53 Å². The number of rotatable bonds is 5. The Balaban J connectivity index is 3.59. The topological polar surface area (TPSA) is 26.3 Å². The van der Waals surface area contributed by atoms with E-state index in [1.807, 2.05) is 32.9 Å². The van der Waals surface area contributed by atoms with Gasteiger partial charge in [0.2, 0.25) is 0 Å². The lowest BCUT2D eigenvalue weighted by Crippen LogP contribution is -2.23. The van der Waals surface area contributed by atoms with Crippen LogP contribution in [-0.2, 0) is 9.53 Å². The van der Waals surface area contributed by atoms with E-state index >= 15 is 0 Å². The molecule has 0 unspecified atom stereocenters. The number of esters is 1. The second kappa shape index (κ2) is 6.63. The Morgan fingerprint density at radius 2 is 1.93 bits per heavy atom. The van der Waals surface area contributed by atoms with Crippen molar-refractivity contribution >= 4 is 5.97 Å². The van der Waals surface area contributed by atoms with Crippen LogP contribution in [0.25, 0.3) is 0 Å². The van der Waals surface area contributed by atoms with Gasteiger partial charge in [0.15, 0.2) is 0 Å². The number of hydrogen-bond acceptors (Lipinski definition) is 2. The van der Waals surface area contributed by atoms with Crippen LogP contribution in [0.3, 0.4) is 0 Å². The van der Waals surface area contributed by atoms with Crippen molar-refractivity contribution in [2.45, 2.75) is 59.0 Å². The van der Waals surface area contributed by atoms with Crippen LogP contribution in [0.4, 0.5) is 0 Å². The Labute approximate surface area is 87.3 Å². The number of allylic oxidation sites excluding steroid dienone is 1. The van der Waals surface area contributed by atoms with Crippen LogP contribution in [0.5, 0.6) is 0 Å². The van der Waals surface area contributed by atoms with E-state index in [0.717, 1.165) is 6.42 Å². The van der Waals surface area contributed by atoms with Crippen molar-refractivity contribution in [2.75, 3.05) is 0 Å². The molecule has 0 saturated carbocycles. The smallest absolute Gasteiger partial charge is 0.310 e. The molecule has 0 atom stereocenters. The summed E-state index contributed by atoms with van der Waals surface area (Å²) in [5.74, 6) is -0.148. The quantitative estimate of drug-likeness (QED) is 0.384. The lowest BCUT2D eigenvalue weighted by atomic mass is 10.2. The first-order chi connectivity index (χ1) is 6.45. The molecule has 14 heavy (non-hydrogen) atoms. The molecule has 0 aliphatic heterocycles. The van der Waals surface area contributed by atoms with Crippen molar-refractivity contribution in [1.82, 2.24) is 0 Å². The van der Waals surface area contributed by atoms with Crippen LogP contribution in [0.2, 0.25) is 0 Å². The van der Waals surface area contributed by atoms with Crippen molar-refractivity contribution in [3.63, 3.8) is 0 Å². The summed E-state index contributed by atoms with van der Waals surface area (Å²) in [5.41, 5.74) is -0.367. The molecule has 82 valence electrons. The fourth-order valence-corrected chi connectivity index (χ4v) is 1.00. The first-order valence-corrected chi connectivity index (χ1v) is 5.32. The van der Waals surface area contributed by atoms with Gasteiger partial charge in [-0.2, -0.15) is 0 Å². The molecule has 2 nitrogen and oxygen atoms in total. The van der Waals surface area contributed by atoms with Crippen LogP contribution >= 0.6 is 0 Å². The zero-order valence-corrected chi connectivity index (χ0v) is 9.80. The van der Waals surface area contributed by atoms with Gasteiger partial charge in [-0.15, -0.1) is 0 Å². The fraction of sp³-hybridized carbons (Fsp3) is 0.750. The first kappa shape index (κ1) is 13.2. The molecule has 0 bridgehead atoms. The van der Waals surface area contributed by atoms with E-state index in [2.05, 4.69) is 6.92 Å².